The highest BCUT2D eigenvalue weighted by Crippen LogP contribution is 2.35. The highest BCUT2D eigenvalue weighted by atomic mass is 16.2. The molecule has 1 aliphatic heterocycles. The number of aryl methyl sites for hydroxylation is 1. The zero-order valence-electron chi connectivity index (χ0n) is 14.7. The van der Waals surface area contributed by atoms with Crippen LogP contribution < -0.4 is 5.32 Å². The number of anilines is 1. The highest BCUT2D eigenvalue weighted by Gasteiger charge is 2.39. The molecular weight excluding hydrogens is 330 g/mol. The smallest absolute Gasteiger partial charge is 0.222 e. The second-order valence-corrected chi connectivity index (χ2v) is 7.17. The molecule has 2 aliphatic rings. The third kappa shape index (κ3) is 3.52. The van der Waals surface area contributed by atoms with Gasteiger partial charge >= 0.3 is 0 Å². The molecule has 0 bridgehead atoms. The number of imidazole rings is 1. The molecule has 0 spiro atoms. The van der Waals surface area contributed by atoms with E-state index in [1.807, 2.05) is 28.8 Å². The van der Waals surface area contributed by atoms with E-state index >= 15 is 0 Å². The van der Waals surface area contributed by atoms with Crippen LogP contribution in [-0.4, -0.2) is 49.5 Å². The Morgan fingerprint density at radius 3 is 2.92 bits per heavy atom. The van der Waals surface area contributed by atoms with Crippen molar-refractivity contribution in [2.45, 2.75) is 31.2 Å². The zero-order chi connectivity index (χ0) is 18.1. The minimum absolute atomic E-state index is 0.0173. The number of hydrogen-bond donors (Lipinski definition) is 1. The lowest BCUT2D eigenvalue weighted by atomic mass is 10.0. The van der Waals surface area contributed by atoms with E-state index in [0.29, 0.717) is 31.2 Å². The summed E-state index contributed by atoms with van der Waals surface area (Å²) in [5.74, 6) is 1.41. The first-order valence-electron chi connectivity index (χ1n) is 8.86. The largest absolute Gasteiger partial charge is 0.363 e. The lowest BCUT2D eigenvalue weighted by molar-refractivity contribution is -0.130. The fourth-order valence-electron chi connectivity index (χ4n) is 3.46. The van der Waals surface area contributed by atoms with Gasteiger partial charge in [0.25, 0.3) is 0 Å². The Morgan fingerprint density at radius 2 is 2.23 bits per heavy atom. The zero-order valence-corrected chi connectivity index (χ0v) is 14.7. The molecule has 2 atom stereocenters. The van der Waals surface area contributed by atoms with Gasteiger partial charge in [0, 0.05) is 38.7 Å². The average Bonchev–Trinajstić information content (AvgIpc) is 3.19. The maximum atomic E-state index is 12.6. The fraction of sp³-hybridized carbons (Fsp3) is 0.500. The van der Waals surface area contributed by atoms with Gasteiger partial charge in [-0.25, -0.2) is 9.97 Å². The van der Waals surface area contributed by atoms with Gasteiger partial charge in [0.15, 0.2) is 5.69 Å². The number of carbonyl (C=O) groups excluding carboxylic acids is 1. The molecule has 1 saturated carbocycles. The van der Waals surface area contributed by atoms with Crippen molar-refractivity contribution in [3.63, 3.8) is 0 Å². The van der Waals surface area contributed by atoms with Crippen molar-refractivity contribution in [2.75, 3.05) is 18.4 Å². The average molecular weight is 351 g/mol. The van der Waals surface area contributed by atoms with E-state index in [4.69, 9.17) is 5.26 Å². The fourth-order valence-corrected chi connectivity index (χ4v) is 3.46. The Labute approximate surface area is 151 Å². The van der Waals surface area contributed by atoms with Gasteiger partial charge in [0.1, 0.15) is 11.9 Å². The van der Waals surface area contributed by atoms with E-state index in [9.17, 15) is 4.79 Å². The van der Waals surface area contributed by atoms with Crippen LogP contribution in [0.1, 0.15) is 36.6 Å². The van der Waals surface area contributed by atoms with Gasteiger partial charge in [-0.2, -0.15) is 5.26 Å². The van der Waals surface area contributed by atoms with Crippen molar-refractivity contribution in [2.24, 2.45) is 13.0 Å². The van der Waals surface area contributed by atoms with Crippen LogP contribution >= 0.6 is 0 Å². The highest BCUT2D eigenvalue weighted by molar-refractivity contribution is 5.77. The second kappa shape index (κ2) is 6.75. The predicted molar refractivity (Wildman–Crippen MR) is 94.0 cm³/mol. The van der Waals surface area contributed by atoms with Gasteiger partial charge in [-0.1, -0.05) is 0 Å². The molecule has 1 N–H and O–H groups in total. The quantitative estimate of drug-likeness (QED) is 0.871. The minimum atomic E-state index is -0.0173. The number of carbonyl (C=O) groups is 1. The van der Waals surface area contributed by atoms with Gasteiger partial charge in [-0.3, -0.25) is 9.78 Å². The molecule has 1 aliphatic carbocycles. The van der Waals surface area contributed by atoms with Gasteiger partial charge < -0.3 is 14.8 Å². The molecule has 0 unspecified atom stereocenters. The van der Waals surface area contributed by atoms with Crippen molar-refractivity contribution in [3.8, 4) is 6.07 Å². The third-order valence-corrected chi connectivity index (χ3v) is 5.02. The number of aromatic nitrogens is 4. The van der Waals surface area contributed by atoms with Crippen molar-refractivity contribution in [3.05, 3.63) is 36.3 Å². The summed E-state index contributed by atoms with van der Waals surface area (Å²) in [6.07, 6.45) is 9.78. The third-order valence-electron chi connectivity index (χ3n) is 5.02. The summed E-state index contributed by atoms with van der Waals surface area (Å²) >= 11 is 0. The maximum absolute atomic E-state index is 12.6. The van der Waals surface area contributed by atoms with Crippen LogP contribution in [-0.2, 0) is 11.8 Å². The van der Waals surface area contributed by atoms with E-state index in [1.54, 1.807) is 12.5 Å². The van der Waals surface area contributed by atoms with Crippen molar-refractivity contribution in [1.29, 1.82) is 5.26 Å². The molecule has 1 amide bonds. The summed E-state index contributed by atoms with van der Waals surface area (Å²) in [6, 6.07) is 1.98. The van der Waals surface area contributed by atoms with E-state index in [-0.39, 0.29) is 23.6 Å². The molecule has 0 radical (unpaired) electrons. The minimum Gasteiger partial charge on any atom is -0.363 e. The molecule has 26 heavy (non-hydrogen) atoms. The molecule has 134 valence electrons. The first-order valence-corrected chi connectivity index (χ1v) is 8.86. The molecule has 2 aromatic rings. The Morgan fingerprint density at radius 1 is 1.38 bits per heavy atom. The van der Waals surface area contributed by atoms with Crippen molar-refractivity contribution < 1.29 is 4.79 Å². The first-order chi connectivity index (χ1) is 12.6. The van der Waals surface area contributed by atoms with E-state index < -0.39 is 0 Å². The Hall–Kier alpha value is -2.95. The van der Waals surface area contributed by atoms with E-state index in [0.717, 1.165) is 5.69 Å². The number of nitriles is 1. The normalized spacial score (nSPS) is 22.2. The number of amides is 1. The van der Waals surface area contributed by atoms with Crippen LogP contribution in [0.15, 0.2) is 24.9 Å². The Bertz CT molecular complexity index is 851. The van der Waals surface area contributed by atoms with Gasteiger partial charge in [0.2, 0.25) is 5.91 Å². The molecule has 2 fully saturated rings. The van der Waals surface area contributed by atoms with E-state index in [2.05, 4.69) is 20.3 Å². The molecule has 0 aromatic carbocycles. The number of rotatable bonds is 5. The summed E-state index contributed by atoms with van der Waals surface area (Å²) in [7, 11) is 1.94. The van der Waals surface area contributed by atoms with Gasteiger partial charge in [-0.15, -0.1) is 0 Å². The van der Waals surface area contributed by atoms with Crippen LogP contribution in [0.25, 0.3) is 0 Å². The molecular formula is C18H21N7O. The lowest BCUT2D eigenvalue weighted by Crippen LogP contribution is -2.32. The Kier molecular flexibility index (Phi) is 4.29. The lowest BCUT2D eigenvalue weighted by Gasteiger charge is -2.18. The monoisotopic (exact) mass is 351 g/mol. The summed E-state index contributed by atoms with van der Waals surface area (Å²) in [5.41, 5.74) is 1.22. The maximum Gasteiger partial charge on any atom is 0.222 e. The molecule has 8 nitrogen and oxygen atoms in total. The van der Waals surface area contributed by atoms with Crippen LogP contribution in [0, 0.1) is 17.2 Å². The summed E-state index contributed by atoms with van der Waals surface area (Å²) in [5, 5.41) is 12.4. The summed E-state index contributed by atoms with van der Waals surface area (Å²) in [4.78, 5) is 27.3. The van der Waals surface area contributed by atoms with Crippen LogP contribution in [0.2, 0.25) is 0 Å². The van der Waals surface area contributed by atoms with Crippen LogP contribution in [0.4, 0.5) is 5.82 Å². The van der Waals surface area contributed by atoms with Gasteiger partial charge in [0.05, 0.1) is 30.5 Å². The summed E-state index contributed by atoms with van der Waals surface area (Å²) < 4.78 is 1.91. The van der Waals surface area contributed by atoms with Crippen molar-refractivity contribution in [1.82, 2.24) is 24.4 Å². The van der Waals surface area contributed by atoms with Crippen LogP contribution in [0.5, 0.6) is 0 Å². The van der Waals surface area contributed by atoms with Gasteiger partial charge in [-0.05, 0) is 18.8 Å². The van der Waals surface area contributed by atoms with Crippen LogP contribution in [0.3, 0.4) is 0 Å². The number of likely N-dealkylation sites (tertiary alicyclic amines) is 1. The SMILES string of the molecule is Cn1cnc([C@@H]2CN(C(=O)CC3CC3)C[C@H]2Nc2cncc(C#N)n2)c1. The van der Waals surface area contributed by atoms with E-state index in [1.165, 1.54) is 19.0 Å². The number of nitrogens with zero attached hydrogens (tertiary/aromatic N) is 6. The molecule has 8 heteroatoms. The second-order valence-electron chi connectivity index (χ2n) is 7.17. The van der Waals surface area contributed by atoms with Crippen molar-refractivity contribution >= 4 is 11.7 Å². The first kappa shape index (κ1) is 16.5. The Balaban J connectivity index is 1.54. The molecule has 4 rings (SSSR count). The number of hydrogen-bond acceptors (Lipinski definition) is 6. The predicted octanol–water partition coefficient (Wildman–Crippen LogP) is 1.29. The topological polar surface area (TPSA) is 99.7 Å². The standard InChI is InChI=1S/C18H21N7O/c1-24-9-15(21-11-24)14-8-25(18(26)4-12-2-3-12)10-16(14)23-17-7-20-6-13(5-19)22-17/h6-7,9,11-12,14,16H,2-4,8,10H2,1H3,(H,22,23)/t14-,16+/m0/s1. The summed E-state index contributed by atoms with van der Waals surface area (Å²) in [6.45, 7) is 1.25. The number of nitrogens with one attached hydrogen (secondary N) is 1. The molecule has 3 heterocycles. The molecule has 1 saturated heterocycles. The molecule has 2 aromatic heterocycles.